The average molecular weight is 674 g/mol. The molecule has 0 aliphatic heterocycles. The maximum atomic E-state index is 2.38. The van der Waals surface area contributed by atoms with E-state index in [-0.39, 0.29) is 0 Å². The van der Waals surface area contributed by atoms with Gasteiger partial charge in [-0.1, -0.05) is 164 Å². The Kier molecular flexibility index (Phi) is 7.55. The van der Waals surface area contributed by atoms with Gasteiger partial charge in [-0.15, -0.1) is 0 Å². The molecule has 0 N–H and O–H groups in total. The molecule has 0 saturated carbocycles. The van der Waals surface area contributed by atoms with Gasteiger partial charge in [0.1, 0.15) is 0 Å². The van der Waals surface area contributed by atoms with Crippen molar-refractivity contribution in [2.24, 2.45) is 0 Å². The van der Waals surface area contributed by atoms with Crippen molar-refractivity contribution in [1.82, 2.24) is 0 Å². The highest BCUT2D eigenvalue weighted by Gasteiger charge is 2.16. The van der Waals surface area contributed by atoms with Crippen LogP contribution in [0.15, 0.2) is 212 Å². The molecule has 248 valence electrons. The van der Waals surface area contributed by atoms with Crippen molar-refractivity contribution in [2.75, 3.05) is 4.90 Å². The molecule has 10 aromatic rings. The fourth-order valence-corrected chi connectivity index (χ4v) is 7.93. The van der Waals surface area contributed by atoms with Crippen LogP contribution in [0.4, 0.5) is 17.1 Å². The van der Waals surface area contributed by atoms with Crippen molar-refractivity contribution >= 4 is 60.2 Å². The summed E-state index contributed by atoms with van der Waals surface area (Å²) in [5.74, 6) is 0. The molecule has 0 fully saturated rings. The van der Waals surface area contributed by atoms with Crippen molar-refractivity contribution in [1.29, 1.82) is 0 Å². The lowest BCUT2D eigenvalue weighted by Crippen LogP contribution is -2.10. The van der Waals surface area contributed by atoms with Gasteiger partial charge in [-0.3, -0.25) is 0 Å². The zero-order valence-electron chi connectivity index (χ0n) is 29.2. The van der Waals surface area contributed by atoms with Gasteiger partial charge in [-0.05, 0) is 125 Å². The normalized spacial score (nSPS) is 11.4. The Balaban J connectivity index is 1.08. The SMILES string of the molecule is c1cc(-c2ccc3ccccc3c2)cc(N(c2ccc(-c3ccc4c(ccc5ccccc54)c3)cc2)c2cccc(-c3cccc4ccccc34)c2)c1. The number of nitrogens with zero attached hydrogens (tertiary/aromatic N) is 1. The second-order valence-corrected chi connectivity index (χ2v) is 13.8. The lowest BCUT2D eigenvalue weighted by Gasteiger charge is -2.27. The molecule has 0 aliphatic carbocycles. The van der Waals surface area contributed by atoms with E-state index in [2.05, 4.69) is 217 Å². The van der Waals surface area contributed by atoms with E-state index < -0.39 is 0 Å². The average Bonchev–Trinajstić information content (AvgIpc) is 3.23. The van der Waals surface area contributed by atoms with Gasteiger partial charge in [0.15, 0.2) is 0 Å². The number of rotatable bonds is 6. The maximum absolute atomic E-state index is 2.38. The standard InChI is InChI=1S/C52H35N/c1-2-13-40-32-43(24-22-36(40)10-1)41-15-7-17-47(34-41)53(48-18-8-16-44(35-48)51-21-9-14-38-11-3-5-19-49(38)51)46-29-26-37(27-30-46)42-28-31-52-45(33-42)25-23-39-12-4-6-20-50(39)52/h1-35H. The van der Waals surface area contributed by atoms with Crippen molar-refractivity contribution in [3.05, 3.63) is 212 Å². The van der Waals surface area contributed by atoms with E-state index in [9.17, 15) is 0 Å². The smallest absolute Gasteiger partial charge is 0.0467 e. The van der Waals surface area contributed by atoms with E-state index in [1.165, 1.54) is 76.5 Å². The fourth-order valence-electron chi connectivity index (χ4n) is 7.93. The van der Waals surface area contributed by atoms with E-state index in [0.717, 1.165) is 17.1 Å². The lowest BCUT2D eigenvalue weighted by molar-refractivity contribution is 1.28. The van der Waals surface area contributed by atoms with Crippen LogP contribution >= 0.6 is 0 Å². The molecule has 1 nitrogen and oxygen atoms in total. The summed E-state index contributed by atoms with van der Waals surface area (Å²) >= 11 is 0. The van der Waals surface area contributed by atoms with Crippen LogP contribution in [-0.4, -0.2) is 0 Å². The zero-order valence-corrected chi connectivity index (χ0v) is 29.2. The molecule has 0 radical (unpaired) electrons. The van der Waals surface area contributed by atoms with Crippen LogP contribution in [0.3, 0.4) is 0 Å². The van der Waals surface area contributed by atoms with E-state index in [4.69, 9.17) is 0 Å². The third-order valence-corrected chi connectivity index (χ3v) is 10.6. The Hall–Kier alpha value is -6.96. The van der Waals surface area contributed by atoms with Crippen molar-refractivity contribution in [3.8, 4) is 33.4 Å². The Bertz CT molecular complexity index is 2950. The van der Waals surface area contributed by atoms with E-state index in [1.807, 2.05) is 0 Å². The van der Waals surface area contributed by atoms with Crippen molar-refractivity contribution < 1.29 is 0 Å². The third kappa shape index (κ3) is 5.69. The highest BCUT2D eigenvalue weighted by molar-refractivity contribution is 6.08. The van der Waals surface area contributed by atoms with Crippen LogP contribution in [0.5, 0.6) is 0 Å². The van der Waals surface area contributed by atoms with E-state index in [0.29, 0.717) is 0 Å². The van der Waals surface area contributed by atoms with Crippen molar-refractivity contribution in [2.45, 2.75) is 0 Å². The number of fused-ring (bicyclic) bond motifs is 5. The molecule has 0 spiro atoms. The molecule has 0 aromatic heterocycles. The summed E-state index contributed by atoms with van der Waals surface area (Å²) in [6, 6.07) is 77.3. The summed E-state index contributed by atoms with van der Waals surface area (Å²) in [5.41, 5.74) is 10.5. The van der Waals surface area contributed by atoms with Crippen LogP contribution in [0, 0.1) is 0 Å². The van der Waals surface area contributed by atoms with Gasteiger partial charge >= 0.3 is 0 Å². The van der Waals surface area contributed by atoms with Crippen LogP contribution in [0.2, 0.25) is 0 Å². The van der Waals surface area contributed by atoms with Gasteiger partial charge in [-0.25, -0.2) is 0 Å². The van der Waals surface area contributed by atoms with E-state index >= 15 is 0 Å². The molecule has 0 heterocycles. The Morgan fingerprint density at radius 1 is 0.226 bits per heavy atom. The van der Waals surface area contributed by atoms with Gasteiger partial charge in [0.05, 0.1) is 0 Å². The number of hydrogen-bond donors (Lipinski definition) is 0. The summed E-state index contributed by atoms with van der Waals surface area (Å²) in [6.45, 7) is 0. The molecule has 0 unspecified atom stereocenters. The van der Waals surface area contributed by atoms with Gasteiger partial charge in [-0.2, -0.15) is 0 Å². The number of benzene rings is 10. The van der Waals surface area contributed by atoms with Gasteiger partial charge < -0.3 is 4.90 Å². The summed E-state index contributed by atoms with van der Waals surface area (Å²) in [7, 11) is 0. The Morgan fingerprint density at radius 3 is 1.53 bits per heavy atom. The molecular weight excluding hydrogens is 639 g/mol. The monoisotopic (exact) mass is 673 g/mol. The molecule has 0 aliphatic rings. The van der Waals surface area contributed by atoms with E-state index in [1.54, 1.807) is 0 Å². The van der Waals surface area contributed by atoms with Crippen molar-refractivity contribution in [3.63, 3.8) is 0 Å². The summed E-state index contributed by atoms with van der Waals surface area (Å²) in [5, 5.41) is 10.1. The first-order chi connectivity index (χ1) is 26.2. The lowest BCUT2D eigenvalue weighted by atomic mass is 9.96. The molecule has 1 heteroatoms. The molecule has 0 amide bonds. The highest BCUT2D eigenvalue weighted by Crippen LogP contribution is 2.40. The van der Waals surface area contributed by atoms with Gasteiger partial charge in [0.2, 0.25) is 0 Å². The van der Waals surface area contributed by atoms with Gasteiger partial charge in [0.25, 0.3) is 0 Å². The molecule has 0 atom stereocenters. The van der Waals surface area contributed by atoms with Crippen LogP contribution in [-0.2, 0) is 0 Å². The molecule has 10 aromatic carbocycles. The largest absolute Gasteiger partial charge is 0.310 e. The molecule has 10 rings (SSSR count). The quantitative estimate of drug-likeness (QED) is 0.159. The topological polar surface area (TPSA) is 3.24 Å². The summed E-state index contributed by atoms with van der Waals surface area (Å²) < 4.78 is 0. The molecule has 0 saturated heterocycles. The van der Waals surface area contributed by atoms with Crippen LogP contribution in [0.1, 0.15) is 0 Å². The highest BCUT2D eigenvalue weighted by atomic mass is 15.1. The first-order valence-electron chi connectivity index (χ1n) is 18.2. The third-order valence-electron chi connectivity index (χ3n) is 10.6. The number of hydrogen-bond acceptors (Lipinski definition) is 1. The maximum Gasteiger partial charge on any atom is 0.0467 e. The number of anilines is 3. The van der Waals surface area contributed by atoms with Gasteiger partial charge in [0, 0.05) is 17.1 Å². The second kappa shape index (κ2) is 13.0. The minimum atomic E-state index is 1.10. The van der Waals surface area contributed by atoms with Crippen LogP contribution < -0.4 is 4.90 Å². The predicted molar refractivity (Wildman–Crippen MR) is 227 cm³/mol. The minimum Gasteiger partial charge on any atom is -0.310 e. The Morgan fingerprint density at radius 2 is 0.717 bits per heavy atom. The molecule has 53 heavy (non-hydrogen) atoms. The fraction of sp³-hybridized carbons (Fsp3) is 0. The summed E-state index contributed by atoms with van der Waals surface area (Å²) in [4.78, 5) is 2.38. The predicted octanol–water partition coefficient (Wildman–Crippen LogP) is 14.8. The molecule has 0 bridgehead atoms. The second-order valence-electron chi connectivity index (χ2n) is 13.8. The first-order valence-corrected chi connectivity index (χ1v) is 18.2. The summed E-state index contributed by atoms with van der Waals surface area (Å²) in [6.07, 6.45) is 0. The zero-order chi connectivity index (χ0) is 35.1. The first kappa shape index (κ1) is 30.8. The molecular formula is C52H35N. The Labute approximate surface area is 309 Å². The van der Waals surface area contributed by atoms with Crippen LogP contribution in [0.25, 0.3) is 76.5 Å². The minimum absolute atomic E-state index is 1.10.